The van der Waals surface area contributed by atoms with Crippen molar-refractivity contribution in [3.8, 4) is 5.75 Å². The highest BCUT2D eigenvalue weighted by molar-refractivity contribution is 6.05. The molecular weight excluding hydrogens is 421 g/mol. The quantitative estimate of drug-likeness (QED) is 0.602. The average Bonchev–Trinajstić information content (AvgIpc) is 3.30. The lowest BCUT2D eigenvalue weighted by Crippen LogP contribution is -2.47. The topological polar surface area (TPSA) is 72.9 Å². The number of halogens is 1. The molecule has 1 saturated heterocycles. The highest BCUT2D eigenvalue weighted by Crippen LogP contribution is 2.31. The molecule has 0 radical (unpaired) electrons. The highest BCUT2D eigenvalue weighted by atomic mass is 19.1. The molecule has 2 N–H and O–H groups in total. The first-order chi connectivity index (χ1) is 15.9. The van der Waals surface area contributed by atoms with Crippen LogP contribution >= 0.6 is 0 Å². The van der Waals surface area contributed by atoms with E-state index in [9.17, 15) is 19.1 Å². The largest absolute Gasteiger partial charge is 0.506 e. The predicted octanol–water partition coefficient (Wildman–Crippen LogP) is 3.71. The first-order valence-electron chi connectivity index (χ1n) is 11.1. The Morgan fingerprint density at radius 2 is 1.85 bits per heavy atom. The Hall–Kier alpha value is -3.45. The molecule has 6 nitrogen and oxygen atoms in total. The number of carbonyl (C=O) groups excluding carboxylic acids is 2. The zero-order chi connectivity index (χ0) is 23.5. The number of nitrogens with zero attached hydrogens (tertiary/aromatic N) is 2. The maximum absolute atomic E-state index is 13.3. The molecule has 0 saturated carbocycles. The highest BCUT2D eigenvalue weighted by Gasteiger charge is 2.35. The molecule has 3 aromatic carbocycles. The average molecular weight is 450 g/mol. The van der Waals surface area contributed by atoms with Gasteiger partial charge in [-0.05, 0) is 56.1 Å². The van der Waals surface area contributed by atoms with E-state index in [2.05, 4.69) is 5.32 Å². The molecule has 0 spiro atoms. The van der Waals surface area contributed by atoms with E-state index in [4.69, 9.17) is 0 Å². The number of amides is 2. The predicted molar refractivity (Wildman–Crippen MR) is 126 cm³/mol. The third kappa shape index (κ3) is 4.68. The monoisotopic (exact) mass is 449 g/mol. The van der Waals surface area contributed by atoms with E-state index in [1.54, 1.807) is 35.2 Å². The van der Waals surface area contributed by atoms with Crippen LogP contribution in [0.1, 0.15) is 34.8 Å². The van der Waals surface area contributed by atoms with Crippen LogP contribution in [0.4, 0.5) is 4.39 Å². The van der Waals surface area contributed by atoms with E-state index >= 15 is 0 Å². The molecule has 2 amide bonds. The Bertz CT molecular complexity index is 1160. The van der Waals surface area contributed by atoms with Crippen molar-refractivity contribution < 1.29 is 19.1 Å². The molecule has 1 aliphatic rings. The molecule has 0 aliphatic carbocycles. The van der Waals surface area contributed by atoms with Gasteiger partial charge in [0.25, 0.3) is 5.91 Å². The van der Waals surface area contributed by atoms with Crippen LogP contribution in [-0.2, 0) is 4.79 Å². The first kappa shape index (κ1) is 22.7. The van der Waals surface area contributed by atoms with Gasteiger partial charge in [-0.1, -0.05) is 42.5 Å². The molecule has 4 rings (SSSR count). The molecule has 2 atom stereocenters. The van der Waals surface area contributed by atoms with Crippen LogP contribution in [0.3, 0.4) is 0 Å². The Morgan fingerprint density at radius 3 is 2.58 bits per heavy atom. The summed E-state index contributed by atoms with van der Waals surface area (Å²) >= 11 is 0. The van der Waals surface area contributed by atoms with Crippen molar-refractivity contribution in [1.29, 1.82) is 0 Å². The summed E-state index contributed by atoms with van der Waals surface area (Å²) in [4.78, 5) is 29.8. The second-order valence-corrected chi connectivity index (χ2v) is 8.62. The molecule has 0 aromatic heterocycles. The smallest absolute Gasteiger partial charge is 0.258 e. The summed E-state index contributed by atoms with van der Waals surface area (Å²) in [6.07, 6.45) is 1.28. The van der Waals surface area contributed by atoms with Crippen LogP contribution in [-0.4, -0.2) is 59.9 Å². The zero-order valence-electron chi connectivity index (χ0n) is 18.8. The first-order valence-corrected chi connectivity index (χ1v) is 11.1. The van der Waals surface area contributed by atoms with Gasteiger partial charge in [0.05, 0.1) is 11.6 Å². The van der Waals surface area contributed by atoms with E-state index in [0.29, 0.717) is 31.3 Å². The molecule has 1 heterocycles. The van der Waals surface area contributed by atoms with Gasteiger partial charge >= 0.3 is 0 Å². The number of hydrogen-bond acceptors (Lipinski definition) is 4. The third-order valence-corrected chi connectivity index (χ3v) is 6.30. The van der Waals surface area contributed by atoms with E-state index in [0.717, 1.165) is 10.9 Å². The van der Waals surface area contributed by atoms with Gasteiger partial charge in [0.2, 0.25) is 5.91 Å². The number of likely N-dealkylation sites (tertiary alicyclic amines) is 1. The summed E-state index contributed by atoms with van der Waals surface area (Å²) in [5, 5.41) is 15.1. The van der Waals surface area contributed by atoms with Gasteiger partial charge in [0.1, 0.15) is 17.6 Å². The van der Waals surface area contributed by atoms with Crippen molar-refractivity contribution >= 4 is 22.6 Å². The Morgan fingerprint density at radius 1 is 1.12 bits per heavy atom. The van der Waals surface area contributed by atoms with Gasteiger partial charge < -0.3 is 20.2 Å². The van der Waals surface area contributed by atoms with Gasteiger partial charge in [-0.15, -0.1) is 0 Å². The number of carbonyl (C=O) groups is 2. The lowest BCUT2D eigenvalue weighted by atomic mass is 10.0. The van der Waals surface area contributed by atoms with Gasteiger partial charge in [-0.25, -0.2) is 4.39 Å². The molecule has 3 aromatic rings. The number of hydrogen-bond donors (Lipinski definition) is 2. The number of benzene rings is 3. The number of phenols is 1. The molecule has 0 bridgehead atoms. The van der Waals surface area contributed by atoms with Gasteiger partial charge in [-0.3, -0.25) is 9.59 Å². The minimum absolute atomic E-state index is 0.0619. The minimum atomic E-state index is -0.598. The molecule has 33 heavy (non-hydrogen) atoms. The number of nitrogens with one attached hydrogen (secondary N) is 1. The third-order valence-electron chi connectivity index (χ3n) is 6.30. The molecular formula is C26H28FN3O3. The van der Waals surface area contributed by atoms with Crippen LogP contribution in [0.5, 0.6) is 5.75 Å². The van der Waals surface area contributed by atoms with Crippen LogP contribution in [0.2, 0.25) is 0 Å². The van der Waals surface area contributed by atoms with Crippen LogP contribution in [0.15, 0.2) is 60.7 Å². The fourth-order valence-electron chi connectivity index (χ4n) is 4.46. The standard InChI is InChI=1S/C26H28FN3O3/c1-29(2)23(18-9-12-19(27)13-10-18)16-28-25(32)22-8-5-15-30(22)26(33)21-14-11-17-6-3-4-7-20(17)24(21)31/h3-4,6-7,9-14,22-23,31H,5,8,15-16H2,1-2H3,(H,28,32). The van der Waals surface area contributed by atoms with Crippen molar-refractivity contribution in [2.24, 2.45) is 0 Å². The van der Waals surface area contributed by atoms with Crippen molar-refractivity contribution in [1.82, 2.24) is 15.1 Å². The second kappa shape index (κ2) is 9.58. The molecule has 2 unspecified atom stereocenters. The van der Waals surface area contributed by atoms with E-state index in [1.807, 2.05) is 37.2 Å². The summed E-state index contributed by atoms with van der Waals surface area (Å²) in [5.74, 6) is -0.945. The van der Waals surface area contributed by atoms with E-state index in [-0.39, 0.29) is 35.0 Å². The number of aromatic hydroxyl groups is 1. The van der Waals surface area contributed by atoms with E-state index in [1.165, 1.54) is 12.1 Å². The lowest BCUT2D eigenvalue weighted by Gasteiger charge is -2.28. The lowest BCUT2D eigenvalue weighted by molar-refractivity contribution is -0.125. The summed E-state index contributed by atoms with van der Waals surface area (Å²) in [5.41, 5.74) is 1.09. The van der Waals surface area contributed by atoms with Crippen molar-refractivity contribution in [3.05, 3.63) is 77.6 Å². The maximum Gasteiger partial charge on any atom is 0.258 e. The van der Waals surface area contributed by atoms with Gasteiger partial charge in [0.15, 0.2) is 0 Å². The molecule has 1 aliphatic heterocycles. The van der Waals surface area contributed by atoms with E-state index < -0.39 is 6.04 Å². The fourth-order valence-corrected chi connectivity index (χ4v) is 4.46. The fraction of sp³-hybridized carbons (Fsp3) is 0.308. The Labute approximate surface area is 192 Å². The Kier molecular flexibility index (Phi) is 6.60. The number of likely N-dealkylation sites (N-methyl/N-ethyl adjacent to an activating group) is 1. The maximum atomic E-state index is 13.3. The number of rotatable bonds is 6. The molecule has 1 fully saturated rings. The summed E-state index contributed by atoms with van der Waals surface area (Å²) < 4.78 is 13.3. The second-order valence-electron chi connectivity index (χ2n) is 8.62. The van der Waals surface area contributed by atoms with Crippen molar-refractivity contribution in [3.63, 3.8) is 0 Å². The van der Waals surface area contributed by atoms with Gasteiger partial charge in [-0.2, -0.15) is 0 Å². The van der Waals surface area contributed by atoms with Crippen molar-refractivity contribution in [2.75, 3.05) is 27.2 Å². The van der Waals surface area contributed by atoms with Gasteiger partial charge in [0, 0.05) is 18.5 Å². The molecule has 172 valence electrons. The summed E-state index contributed by atoms with van der Waals surface area (Å²) in [6, 6.07) is 16.2. The van der Waals surface area contributed by atoms with Crippen LogP contribution in [0.25, 0.3) is 10.8 Å². The van der Waals surface area contributed by atoms with Crippen molar-refractivity contribution in [2.45, 2.75) is 24.9 Å². The number of phenolic OH excluding ortho intramolecular Hbond substituents is 1. The SMILES string of the molecule is CN(C)C(CNC(=O)C1CCCN1C(=O)c1ccc2ccccc2c1O)c1ccc(F)cc1. The zero-order valence-corrected chi connectivity index (χ0v) is 18.8. The van der Waals surface area contributed by atoms with Crippen LogP contribution < -0.4 is 5.32 Å². The molecule has 7 heteroatoms. The normalized spacial score (nSPS) is 16.8. The van der Waals surface area contributed by atoms with Crippen LogP contribution in [0, 0.1) is 5.82 Å². The minimum Gasteiger partial charge on any atom is -0.506 e. The Balaban J connectivity index is 1.48. The number of fused-ring (bicyclic) bond motifs is 1. The summed E-state index contributed by atoms with van der Waals surface area (Å²) in [6.45, 7) is 0.787. The summed E-state index contributed by atoms with van der Waals surface area (Å²) in [7, 11) is 3.79.